The molecule has 1 unspecified atom stereocenters. The summed E-state index contributed by atoms with van der Waals surface area (Å²) in [7, 11) is 1.79. The van der Waals surface area contributed by atoms with Gasteiger partial charge < -0.3 is 9.80 Å². The van der Waals surface area contributed by atoms with Gasteiger partial charge in [0.05, 0.1) is 12.1 Å². The van der Waals surface area contributed by atoms with Crippen molar-refractivity contribution in [3.05, 3.63) is 33.8 Å². The Kier molecular flexibility index (Phi) is 3.79. The fraction of sp³-hybridized carbons (Fsp3) is 0.467. The van der Waals surface area contributed by atoms with Crippen molar-refractivity contribution < 1.29 is 4.79 Å². The molecule has 0 aliphatic carbocycles. The maximum Gasteiger partial charge on any atom is 0.321 e. The topological polar surface area (TPSA) is 47.3 Å². The van der Waals surface area contributed by atoms with Crippen molar-refractivity contribution >= 4 is 22.0 Å². The molecular weight excluding hydrogens is 318 g/mol. The predicted octanol–water partition coefficient (Wildman–Crippen LogP) is 3.47. The molecule has 2 amide bonds. The lowest BCUT2D eigenvalue weighted by molar-refractivity contribution is 0.172. The normalized spacial score (nSPS) is 19.4. The molecule has 4 nitrogen and oxygen atoms in total. The van der Waals surface area contributed by atoms with Gasteiger partial charge in [0.25, 0.3) is 0 Å². The number of rotatable bonds is 2. The van der Waals surface area contributed by atoms with Crippen LogP contribution in [0.2, 0.25) is 0 Å². The van der Waals surface area contributed by atoms with Gasteiger partial charge in [-0.2, -0.15) is 5.26 Å². The first kappa shape index (κ1) is 14.9. The minimum Gasteiger partial charge on any atom is -0.319 e. The Labute approximate surface area is 128 Å². The van der Waals surface area contributed by atoms with E-state index in [2.05, 4.69) is 22.0 Å². The summed E-state index contributed by atoms with van der Waals surface area (Å²) in [6.07, 6.45) is 0. The van der Waals surface area contributed by atoms with Crippen molar-refractivity contribution in [2.45, 2.75) is 32.4 Å². The van der Waals surface area contributed by atoms with Crippen LogP contribution in [-0.4, -0.2) is 35.0 Å². The summed E-state index contributed by atoms with van der Waals surface area (Å²) in [6, 6.07) is 8.16. The Morgan fingerprint density at radius 3 is 2.70 bits per heavy atom. The largest absolute Gasteiger partial charge is 0.321 e. The molecule has 0 bridgehead atoms. The first-order valence-corrected chi connectivity index (χ1v) is 7.29. The van der Waals surface area contributed by atoms with Gasteiger partial charge in [-0.25, -0.2) is 4.79 Å². The van der Waals surface area contributed by atoms with Crippen LogP contribution in [0, 0.1) is 18.3 Å². The third-order valence-electron chi connectivity index (χ3n) is 3.90. The lowest BCUT2D eigenvalue weighted by Crippen LogP contribution is -2.44. The van der Waals surface area contributed by atoms with Crippen LogP contribution in [0.1, 0.15) is 31.0 Å². The maximum absolute atomic E-state index is 12.4. The Morgan fingerprint density at radius 2 is 2.10 bits per heavy atom. The minimum atomic E-state index is -0.792. The Balaban J connectivity index is 2.39. The number of amides is 2. The van der Waals surface area contributed by atoms with Crippen LogP contribution in [0.25, 0.3) is 0 Å². The molecule has 0 aromatic heterocycles. The average molecular weight is 336 g/mol. The predicted molar refractivity (Wildman–Crippen MR) is 81.2 cm³/mol. The van der Waals surface area contributed by atoms with Crippen molar-refractivity contribution in [1.82, 2.24) is 9.80 Å². The van der Waals surface area contributed by atoms with E-state index in [1.54, 1.807) is 30.7 Å². The zero-order valence-electron chi connectivity index (χ0n) is 12.1. The van der Waals surface area contributed by atoms with Crippen molar-refractivity contribution in [2.75, 3.05) is 13.6 Å². The summed E-state index contributed by atoms with van der Waals surface area (Å²) in [4.78, 5) is 15.7. The number of carbonyl (C=O) groups is 1. The number of benzene rings is 1. The Morgan fingerprint density at radius 1 is 1.45 bits per heavy atom. The van der Waals surface area contributed by atoms with Crippen LogP contribution < -0.4 is 0 Å². The van der Waals surface area contributed by atoms with Gasteiger partial charge in [0, 0.05) is 18.1 Å². The van der Waals surface area contributed by atoms with E-state index >= 15 is 0 Å². The molecule has 0 radical (unpaired) electrons. The molecule has 0 spiro atoms. The minimum absolute atomic E-state index is 0.0207. The van der Waals surface area contributed by atoms with Crippen LogP contribution in [0.15, 0.2) is 22.7 Å². The first-order chi connectivity index (χ1) is 9.27. The number of nitriles is 1. The van der Waals surface area contributed by atoms with Crippen LogP contribution >= 0.6 is 15.9 Å². The zero-order chi connectivity index (χ0) is 15.1. The Hall–Kier alpha value is -1.54. The molecule has 1 atom stereocenters. The second kappa shape index (κ2) is 5.10. The van der Waals surface area contributed by atoms with E-state index in [0.29, 0.717) is 6.54 Å². The van der Waals surface area contributed by atoms with E-state index in [9.17, 15) is 10.1 Å². The summed E-state index contributed by atoms with van der Waals surface area (Å²) in [5.41, 5.74) is 1.47. The van der Waals surface area contributed by atoms with Crippen LogP contribution in [0.4, 0.5) is 4.79 Å². The summed E-state index contributed by atoms with van der Waals surface area (Å²) < 4.78 is 0.997. The van der Waals surface area contributed by atoms with Gasteiger partial charge in [-0.05, 0) is 44.0 Å². The highest BCUT2D eigenvalue weighted by molar-refractivity contribution is 9.10. The third-order valence-corrected chi connectivity index (χ3v) is 4.40. The molecule has 1 aromatic rings. The van der Waals surface area contributed by atoms with Crippen LogP contribution in [0.5, 0.6) is 0 Å². The fourth-order valence-corrected chi connectivity index (χ4v) is 2.88. The molecule has 5 heteroatoms. The Bertz CT molecular complexity index is 591. The SMILES string of the molecule is Cc1ccc(Br)cc1C1CN(C(C)(C)C#N)C(=O)N1C. The van der Waals surface area contributed by atoms with Gasteiger partial charge in [-0.3, -0.25) is 0 Å². The highest BCUT2D eigenvalue weighted by Gasteiger charge is 2.43. The first-order valence-electron chi connectivity index (χ1n) is 6.49. The molecule has 1 heterocycles. The van der Waals surface area contributed by atoms with E-state index in [1.807, 2.05) is 25.1 Å². The van der Waals surface area contributed by atoms with E-state index in [4.69, 9.17) is 0 Å². The molecule has 20 heavy (non-hydrogen) atoms. The summed E-state index contributed by atoms with van der Waals surface area (Å²) >= 11 is 3.48. The molecule has 1 aromatic carbocycles. The van der Waals surface area contributed by atoms with Gasteiger partial charge in [0.2, 0.25) is 0 Å². The zero-order valence-corrected chi connectivity index (χ0v) is 13.7. The van der Waals surface area contributed by atoms with E-state index in [-0.39, 0.29) is 12.1 Å². The summed E-state index contributed by atoms with van der Waals surface area (Å²) in [5.74, 6) is 0. The van der Waals surface area contributed by atoms with Gasteiger partial charge >= 0.3 is 6.03 Å². The molecule has 2 rings (SSSR count). The average Bonchev–Trinajstić information content (AvgIpc) is 2.70. The van der Waals surface area contributed by atoms with Gasteiger partial charge in [0.15, 0.2) is 0 Å². The lowest BCUT2D eigenvalue weighted by atomic mass is 10.00. The van der Waals surface area contributed by atoms with Gasteiger partial charge in [-0.15, -0.1) is 0 Å². The van der Waals surface area contributed by atoms with Crippen LogP contribution in [-0.2, 0) is 0 Å². The quantitative estimate of drug-likeness (QED) is 0.830. The van der Waals surface area contributed by atoms with Gasteiger partial charge in [-0.1, -0.05) is 22.0 Å². The van der Waals surface area contributed by atoms with Crippen molar-refractivity contribution in [2.24, 2.45) is 0 Å². The number of hydrogen-bond acceptors (Lipinski definition) is 2. The molecule has 1 saturated heterocycles. The maximum atomic E-state index is 12.4. The van der Waals surface area contributed by atoms with E-state index < -0.39 is 5.54 Å². The highest BCUT2D eigenvalue weighted by atomic mass is 79.9. The lowest BCUT2D eigenvalue weighted by Gasteiger charge is -2.27. The number of hydrogen-bond donors (Lipinski definition) is 0. The van der Waals surface area contributed by atoms with Crippen molar-refractivity contribution in [3.8, 4) is 6.07 Å². The van der Waals surface area contributed by atoms with E-state index in [1.165, 1.54) is 0 Å². The number of likely N-dealkylation sites (N-methyl/N-ethyl adjacent to an activating group) is 1. The van der Waals surface area contributed by atoms with Gasteiger partial charge in [0.1, 0.15) is 5.54 Å². The second-order valence-electron chi connectivity index (χ2n) is 5.69. The molecule has 1 aliphatic rings. The number of carbonyl (C=O) groups excluding carboxylic acids is 1. The standard InChI is InChI=1S/C15H18BrN3O/c1-10-5-6-11(16)7-12(10)13-8-19(14(20)18(13)4)15(2,3)9-17/h5-7,13H,8H2,1-4H3. The summed E-state index contributed by atoms with van der Waals surface area (Å²) in [5, 5.41) is 9.24. The van der Waals surface area contributed by atoms with E-state index in [0.717, 1.165) is 15.6 Å². The summed E-state index contributed by atoms with van der Waals surface area (Å²) in [6.45, 7) is 6.12. The molecule has 1 aliphatic heterocycles. The monoisotopic (exact) mass is 335 g/mol. The number of halogens is 1. The molecule has 106 valence electrons. The molecule has 0 N–H and O–H groups in total. The second-order valence-corrected chi connectivity index (χ2v) is 6.61. The molecule has 0 saturated carbocycles. The van der Waals surface area contributed by atoms with Crippen LogP contribution in [0.3, 0.4) is 0 Å². The fourth-order valence-electron chi connectivity index (χ4n) is 2.50. The van der Waals surface area contributed by atoms with Crippen molar-refractivity contribution in [3.63, 3.8) is 0 Å². The number of nitrogens with zero attached hydrogens (tertiary/aromatic N) is 3. The smallest absolute Gasteiger partial charge is 0.319 e. The molecular formula is C15H18BrN3O. The van der Waals surface area contributed by atoms with Crippen molar-refractivity contribution in [1.29, 1.82) is 5.26 Å². The highest BCUT2D eigenvalue weighted by Crippen LogP contribution is 2.34. The number of urea groups is 1. The third kappa shape index (κ3) is 2.40. The number of aryl methyl sites for hydroxylation is 1. The molecule has 1 fully saturated rings.